The SMILES string of the molecule is COc1cccc(C2C3=C(CCCC3=O)Nc3nc(SCCC(C)C)[nH]c(=O)c32)c1OC. The number of carbonyl (C=O) groups is 1. The van der Waals surface area contributed by atoms with E-state index in [0.717, 1.165) is 36.3 Å². The summed E-state index contributed by atoms with van der Waals surface area (Å²) in [6, 6.07) is 5.54. The van der Waals surface area contributed by atoms with Gasteiger partial charge in [-0.3, -0.25) is 9.59 Å². The van der Waals surface area contributed by atoms with E-state index in [0.29, 0.717) is 45.9 Å². The Labute approximate surface area is 192 Å². The van der Waals surface area contributed by atoms with Gasteiger partial charge in [0.2, 0.25) is 0 Å². The summed E-state index contributed by atoms with van der Waals surface area (Å²) in [7, 11) is 3.14. The zero-order valence-corrected chi connectivity index (χ0v) is 19.7. The molecule has 1 unspecified atom stereocenters. The lowest BCUT2D eigenvalue weighted by Gasteiger charge is -2.33. The first-order valence-corrected chi connectivity index (χ1v) is 11.9. The molecule has 4 rings (SSSR count). The van der Waals surface area contributed by atoms with Crippen LogP contribution in [0.3, 0.4) is 0 Å². The van der Waals surface area contributed by atoms with Crippen LogP contribution in [0.1, 0.15) is 56.6 Å². The highest BCUT2D eigenvalue weighted by atomic mass is 32.2. The van der Waals surface area contributed by atoms with E-state index in [2.05, 4.69) is 24.1 Å². The molecule has 1 aliphatic carbocycles. The van der Waals surface area contributed by atoms with Crippen molar-refractivity contribution in [1.82, 2.24) is 9.97 Å². The molecule has 0 saturated heterocycles. The standard InChI is InChI=1S/C24H29N3O4S/c1-13(2)11-12-32-24-26-22-20(23(29)27-24)18(19-15(25-22)8-6-9-16(19)28)14-7-5-10-17(30-3)21(14)31-4/h5,7,10,13,18H,6,8-9,11-12H2,1-4H3,(H2,25,26,27,29). The molecule has 2 N–H and O–H groups in total. The second-order valence-electron chi connectivity index (χ2n) is 8.47. The van der Waals surface area contributed by atoms with Gasteiger partial charge in [0, 0.05) is 29.0 Å². The van der Waals surface area contributed by atoms with Crippen LogP contribution in [0, 0.1) is 5.92 Å². The highest BCUT2D eigenvalue weighted by Crippen LogP contribution is 2.47. The topological polar surface area (TPSA) is 93.3 Å². The first-order chi connectivity index (χ1) is 15.4. The second-order valence-corrected chi connectivity index (χ2v) is 9.56. The maximum absolute atomic E-state index is 13.3. The summed E-state index contributed by atoms with van der Waals surface area (Å²) in [6.45, 7) is 4.34. The summed E-state index contributed by atoms with van der Waals surface area (Å²) in [5.74, 6) is 2.53. The highest BCUT2D eigenvalue weighted by Gasteiger charge is 2.39. The molecule has 1 aliphatic heterocycles. The Hall–Kier alpha value is -2.74. The zero-order chi connectivity index (χ0) is 22.8. The third-order valence-corrected chi connectivity index (χ3v) is 6.82. The number of ether oxygens (including phenoxy) is 2. The predicted molar refractivity (Wildman–Crippen MR) is 126 cm³/mol. The summed E-state index contributed by atoms with van der Waals surface area (Å²) >= 11 is 1.54. The second kappa shape index (κ2) is 9.40. The summed E-state index contributed by atoms with van der Waals surface area (Å²) in [5.41, 5.74) is 2.40. The first-order valence-electron chi connectivity index (χ1n) is 11.0. The van der Waals surface area contributed by atoms with E-state index in [-0.39, 0.29) is 11.3 Å². The number of aromatic amines is 1. The fourth-order valence-electron chi connectivity index (χ4n) is 4.35. The van der Waals surface area contributed by atoms with E-state index in [4.69, 9.17) is 14.5 Å². The fourth-order valence-corrected chi connectivity index (χ4v) is 5.45. The summed E-state index contributed by atoms with van der Waals surface area (Å²) in [5, 5.41) is 3.91. The average Bonchev–Trinajstić information content (AvgIpc) is 2.77. The Morgan fingerprint density at radius 2 is 2.00 bits per heavy atom. The number of nitrogens with zero attached hydrogens (tertiary/aromatic N) is 1. The van der Waals surface area contributed by atoms with Gasteiger partial charge in [-0.2, -0.15) is 0 Å². The van der Waals surface area contributed by atoms with E-state index in [9.17, 15) is 9.59 Å². The Balaban J connectivity index is 1.87. The van der Waals surface area contributed by atoms with Crippen molar-refractivity contribution < 1.29 is 14.3 Å². The van der Waals surface area contributed by atoms with E-state index < -0.39 is 5.92 Å². The van der Waals surface area contributed by atoms with E-state index in [1.54, 1.807) is 32.0 Å². The Morgan fingerprint density at radius 3 is 2.72 bits per heavy atom. The number of H-pyrrole nitrogens is 1. The number of allylic oxidation sites excluding steroid dienone is 2. The van der Waals surface area contributed by atoms with Crippen LogP contribution in [0.25, 0.3) is 0 Å². The first kappa shape index (κ1) is 22.5. The molecule has 0 bridgehead atoms. The van der Waals surface area contributed by atoms with Crippen molar-refractivity contribution in [2.24, 2.45) is 5.92 Å². The minimum atomic E-state index is -0.565. The number of rotatable bonds is 7. The minimum Gasteiger partial charge on any atom is -0.493 e. The number of para-hydroxylation sites is 1. The smallest absolute Gasteiger partial charge is 0.257 e. The summed E-state index contributed by atoms with van der Waals surface area (Å²) < 4.78 is 11.2. The molecule has 0 radical (unpaired) electrons. The maximum Gasteiger partial charge on any atom is 0.257 e. The van der Waals surface area contributed by atoms with Crippen molar-refractivity contribution in [3.8, 4) is 11.5 Å². The number of anilines is 1. The van der Waals surface area contributed by atoms with Gasteiger partial charge in [0.05, 0.1) is 25.7 Å². The fraction of sp³-hybridized carbons (Fsp3) is 0.458. The van der Waals surface area contributed by atoms with Crippen molar-refractivity contribution in [2.45, 2.75) is 50.6 Å². The monoisotopic (exact) mass is 455 g/mol. The van der Waals surface area contributed by atoms with Gasteiger partial charge in [0.15, 0.2) is 22.4 Å². The van der Waals surface area contributed by atoms with Gasteiger partial charge in [-0.15, -0.1) is 0 Å². The molecule has 1 atom stereocenters. The summed E-state index contributed by atoms with van der Waals surface area (Å²) in [4.78, 5) is 34.1. The molecule has 1 aromatic heterocycles. The number of carbonyl (C=O) groups excluding carboxylic acids is 1. The molecule has 1 aromatic carbocycles. The van der Waals surface area contributed by atoms with E-state index in [1.807, 2.05) is 12.1 Å². The Morgan fingerprint density at radius 1 is 1.19 bits per heavy atom. The van der Waals surface area contributed by atoms with Gasteiger partial charge in [-0.05, 0) is 31.2 Å². The number of hydrogen-bond donors (Lipinski definition) is 2. The molecule has 0 amide bonds. The van der Waals surface area contributed by atoms with Crippen LogP contribution in [0.5, 0.6) is 11.5 Å². The van der Waals surface area contributed by atoms with Crippen LogP contribution in [-0.4, -0.2) is 35.7 Å². The normalized spacial score (nSPS) is 17.7. The number of fused-ring (bicyclic) bond motifs is 1. The average molecular weight is 456 g/mol. The number of methoxy groups -OCH3 is 2. The van der Waals surface area contributed by atoms with Gasteiger partial charge in [-0.1, -0.05) is 37.7 Å². The predicted octanol–water partition coefficient (Wildman–Crippen LogP) is 4.49. The maximum atomic E-state index is 13.3. The molecule has 2 aliphatic rings. The molecule has 0 fully saturated rings. The van der Waals surface area contributed by atoms with Gasteiger partial charge in [0.1, 0.15) is 5.82 Å². The van der Waals surface area contributed by atoms with Crippen LogP contribution in [-0.2, 0) is 4.79 Å². The molecule has 8 heteroatoms. The lowest BCUT2D eigenvalue weighted by atomic mass is 9.76. The molecule has 170 valence electrons. The quantitative estimate of drug-likeness (QED) is 0.469. The summed E-state index contributed by atoms with van der Waals surface area (Å²) in [6.07, 6.45) is 3.02. The van der Waals surface area contributed by atoms with Crippen molar-refractivity contribution >= 4 is 23.4 Å². The molecule has 0 saturated carbocycles. The number of thioether (sulfide) groups is 1. The molecular formula is C24H29N3O4S. The largest absolute Gasteiger partial charge is 0.493 e. The number of benzene rings is 1. The number of ketones is 1. The van der Waals surface area contributed by atoms with Crippen molar-refractivity contribution in [1.29, 1.82) is 0 Å². The molecule has 0 spiro atoms. The Bertz CT molecular complexity index is 1120. The van der Waals surface area contributed by atoms with Crippen molar-refractivity contribution in [3.63, 3.8) is 0 Å². The number of hydrogen-bond acceptors (Lipinski definition) is 7. The minimum absolute atomic E-state index is 0.0501. The van der Waals surface area contributed by atoms with Gasteiger partial charge >= 0.3 is 0 Å². The van der Waals surface area contributed by atoms with Crippen LogP contribution in [0.2, 0.25) is 0 Å². The molecular weight excluding hydrogens is 426 g/mol. The number of aromatic nitrogens is 2. The Kier molecular flexibility index (Phi) is 6.60. The van der Waals surface area contributed by atoms with Crippen molar-refractivity contribution in [3.05, 3.63) is 50.9 Å². The number of Topliss-reactive ketones (excluding diaryl/α,β-unsaturated/α-hetero) is 1. The third-order valence-electron chi connectivity index (χ3n) is 5.91. The molecule has 2 heterocycles. The molecule has 32 heavy (non-hydrogen) atoms. The van der Waals surface area contributed by atoms with Crippen molar-refractivity contribution in [2.75, 3.05) is 25.3 Å². The van der Waals surface area contributed by atoms with Crippen LogP contribution < -0.4 is 20.3 Å². The third kappa shape index (κ3) is 4.16. The van der Waals surface area contributed by atoms with Crippen LogP contribution in [0.15, 0.2) is 39.4 Å². The van der Waals surface area contributed by atoms with Gasteiger partial charge in [0.25, 0.3) is 5.56 Å². The highest BCUT2D eigenvalue weighted by molar-refractivity contribution is 7.99. The number of nitrogens with one attached hydrogen (secondary N) is 2. The van der Waals surface area contributed by atoms with Gasteiger partial charge < -0.3 is 19.8 Å². The zero-order valence-electron chi connectivity index (χ0n) is 18.9. The van der Waals surface area contributed by atoms with Crippen LogP contribution in [0.4, 0.5) is 5.82 Å². The van der Waals surface area contributed by atoms with Crippen LogP contribution >= 0.6 is 11.8 Å². The van der Waals surface area contributed by atoms with Gasteiger partial charge in [-0.25, -0.2) is 4.98 Å². The lowest BCUT2D eigenvalue weighted by Crippen LogP contribution is -2.33. The van der Waals surface area contributed by atoms with E-state index >= 15 is 0 Å². The molecule has 7 nitrogen and oxygen atoms in total. The molecule has 2 aromatic rings. The van der Waals surface area contributed by atoms with E-state index in [1.165, 1.54) is 0 Å². The lowest BCUT2D eigenvalue weighted by molar-refractivity contribution is -0.116.